The molecule has 0 aliphatic heterocycles. The summed E-state index contributed by atoms with van der Waals surface area (Å²) in [6.45, 7) is 0. The SMILES string of the molecule is CS(=O)(=O)Nc1cccc(C(c2cccc(N)c2)(C(F)(F)F)C(F)(F)F)c1. The van der Waals surface area contributed by atoms with Gasteiger partial charge >= 0.3 is 12.4 Å². The molecule has 148 valence electrons. The molecular formula is C16H14F6N2O2S. The molecular weight excluding hydrogens is 398 g/mol. The van der Waals surface area contributed by atoms with Crippen LogP contribution in [0.2, 0.25) is 0 Å². The van der Waals surface area contributed by atoms with Crippen molar-refractivity contribution in [3.8, 4) is 0 Å². The Balaban J connectivity index is 2.88. The summed E-state index contributed by atoms with van der Waals surface area (Å²) < 4.78 is 108. The summed E-state index contributed by atoms with van der Waals surface area (Å²) in [7, 11) is -3.91. The highest BCUT2D eigenvalue weighted by atomic mass is 32.2. The lowest BCUT2D eigenvalue weighted by Crippen LogP contribution is -2.54. The zero-order valence-corrected chi connectivity index (χ0v) is 14.5. The molecule has 11 heteroatoms. The van der Waals surface area contributed by atoms with Gasteiger partial charge in [0.2, 0.25) is 15.4 Å². The number of rotatable bonds is 4. The van der Waals surface area contributed by atoms with E-state index in [0.29, 0.717) is 24.3 Å². The first-order chi connectivity index (χ1) is 12.2. The van der Waals surface area contributed by atoms with Crippen molar-refractivity contribution >= 4 is 21.4 Å². The van der Waals surface area contributed by atoms with Crippen LogP contribution < -0.4 is 10.5 Å². The van der Waals surface area contributed by atoms with E-state index in [4.69, 9.17) is 5.73 Å². The number of anilines is 2. The number of hydrogen-bond donors (Lipinski definition) is 2. The van der Waals surface area contributed by atoms with E-state index in [-0.39, 0.29) is 5.69 Å². The Bertz CT molecular complexity index is 924. The molecule has 2 aromatic rings. The van der Waals surface area contributed by atoms with Crippen molar-refractivity contribution in [3.63, 3.8) is 0 Å². The van der Waals surface area contributed by atoms with Crippen molar-refractivity contribution in [2.75, 3.05) is 16.7 Å². The molecule has 0 saturated carbocycles. The Labute approximate surface area is 151 Å². The standard InChI is InChI=1S/C16H14F6N2O2S/c1-27(25,26)24-13-7-3-5-11(9-13)14(15(17,18)19,16(20,21)22)10-4-2-6-12(23)8-10/h2-9,24H,23H2,1H3. The summed E-state index contributed by atoms with van der Waals surface area (Å²) >= 11 is 0. The monoisotopic (exact) mass is 412 g/mol. The molecule has 0 radical (unpaired) electrons. The third-order valence-corrected chi connectivity index (χ3v) is 4.38. The van der Waals surface area contributed by atoms with E-state index in [1.165, 1.54) is 0 Å². The van der Waals surface area contributed by atoms with Gasteiger partial charge in [-0.25, -0.2) is 8.42 Å². The number of hydrogen-bond acceptors (Lipinski definition) is 3. The van der Waals surface area contributed by atoms with E-state index in [1.807, 2.05) is 4.72 Å². The Morgan fingerprint density at radius 2 is 1.33 bits per heavy atom. The summed E-state index contributed by atoms with van der Waals surface area (Å²) in [6, 6.07) is 6.50. The van der Waals surface area contributed by atoms with Crippen molar-refractivity contribution in [1.82, 2.24) is 0 Å². The Morgan fingerprint density at radius 3 is 1.78 bits per heavy atom. The van der Waals surface area contributed by atoms with Crippen LogP contribution >= 0.6 is 0 Å². The Kier molecular flexibility index (Phi) is 5.12. The van der Waals surface area contributed by atoms with Crippen molar-refractivity contribution in [2.24, 2.45) is 0 Å². The van der Waals surface area contributed by atoms with Crippen LogP contribution in [0, 0.1) is 0 Å². The highest BCUT2D eigenvalue weighted by molar-refractivity contribution is 7.92. The normalized spacial score (nSPS) is 13.4. The lowest BCUT2D eigenvalue weighted by Gasteiger charge is -2.38. The molecule has 4 nitrogen and oxygen atoms in total. The third kappa shape index (κ3) is 3.97. The average Bonchev–Trinajstić information content (AvgIpc) is 2.43. The number of sulfonamides is 1. The highest BCUT2D eigenvalue weighted by Crippen LogP contribution is 2.56. The fourth-order valence-corrected chi connectivity index (χ4v) is 3.34. The summed E-state index contributed by atoms with van der Waals surface area (Å²) in [6.07, 6.45) is -10.9. The van der Waals surface area contributed by atoms with Gasteiger partial charge in [0, 0.05) is 11.4 Å². The van der Waals surface area contributed by atoms with Gasteiger partial charge in [0.15, 0.2) is 0 Å². The fraction of sp³-hybridized carbons (Fsp3) is 0.250. The maximum absolute atomic E-state index is 13.9. The zero-order chi connectivity index (χ0) is 20.7. The molecule has 0 heterocycles. The van der Waals surface area contributed by atoms with E-state index in [2.05, 4.69) is 0 Å². The molecule has 3 N–H and O–H groups in total. The van der Waals surface area contributed by atoms with E-state index >= 15 is 0 Å². The Morgan fingerprint density at radius 1 is 0.852 bits per heavy atom. The number of halogens is 6. The minimum absolute atomic E-state index is 0.282. The van der Waals surface area contributed by atoms with Crippen LogP contribution in [0.5, 0.6) is 0 Å². The van der Waals surface area contributed by atoms with Gasteiger partial charge < -0.3 is 5.73 Å². The van der Waals surface area contributed by atoms with Crippen molar-refractivity contribution < 1.29 is 34.8 Å². The molecule has 0 aliphatic carbocycles. The summed E-state index contributed by atoms with van der Waals surface area (Å²) in [4.78, 5) is 0. The topological polar surface area (TPSA) is 72.2 Å². The van der Waals surface area contributed by atoms with Gasteiger partial charge in [-0.15, -0.1) is 0 Å². The minimum atomic E-state index is -5.79. The number of nitrogens with one attached hydrogen (secondary N) is 1. The van der Waals surface area contributed by atoms with Crippen molar-refractivity contribution in [3.05, 3.63) is 59.7 Å². The van der Waals surface area contributed by atoms with Gasteiger partial charge in [0.1, 0.15) is 0 Å². The molecule has 27 heavy (non-hydrogen) atoms. The largest absolute Gasteiger partial charge is 0.411 e. The maximum Gasteiger partial charge on any atom is 0.411 e. The van der Waals surface area contributed by atoms with Crippen LogP contribution in [-0.4, -0.2) is 27.0 Å². The summed E-state index contributed by atoms with van der Waals surface area (Å²) in [5, 5.41) is 0. The van der Waals surface area contributed by atoms with Crippen LogP contribution in [0.4, 0.5) is 37.7 Å². The van der Waals surface area contributed by atoms with Crippen LogP contribution in [0.3, 0.4) is 0 Å². The molecule has 0 fully saturated rings. The van der Waals surface area contributed by atoms with Crippen LogP contribution in [0.15, 0.2) is 48.5 Å². The second-order valence-electron chi connectivity index (χ2n) is 5.83. The average molecular weight is 412 g/mol. The lowest BCUT2D eigenvalue weighted by atomic mass is 9.72. The first-order valence-electron chi connectivity index (χ1n) is 7.26. The van der Waals surface area contributed by atoms with Crippen LogP contribution in [-0.2, 0) is 15.4 Å². The molecule has 0 bridgehead atoms. The molecule has 2 rings (SSSR count). The van der Waals surface area contributed by atoms with Crippen LogP contribution in [0.25, 0.3) is 0 Å². The quantitative estimate of drug-likeness (QED) is 0.588. The van der Waals surface area contributed by atoms with Gasteiger partial charge in [0.25, 0.3) is 0 Å². The molecule has 0 amide bonds. The molecule has 0 unspecified atom stereocenters. The van der Waals surface area contributed by atoms with Crippen LogP contribution in [0.1, 0.15) is 11.1 Å². The van der Waals surface area contributed by atoms with E-state index in [9.17, 15) is 34.8 Å². The second kappa shape index (κ2) is 6.63. The number of alkyl halides is 6. The van der Waals surface area contributed by atoms with Crippen molar-refractivity contribution in [2.45, 2.75) is 17.8 Å². The minimum Gasteiger partial charge on any atom is -0.399 e. The van der Waals surface area contributed by atoms with Gasteiger partial charge in [-0.05, 0) is 35.4 Å². The number of benzene rings is 2. The van der Waals surface area contributed by atoms with Crippen molar-refractivity contribution in [1.29, 1.82) is 0 Å². The fourth-order valence-electron chi connectivity index (χ4n) is 2.78. The van der Waals surface area contributed by atoms with E-state index in [1.54, 1.807) is 0 Å². The first kappa shape index (κ1) is 20.9. The van der Waals surface area contributed by atoms with E-state index in [0.717, 1.165) is 30.5 Å². The van der Waals surface area contributed by atoms with Gasteiger partial charge in [-0.2, -0.15) is 26.3 Å². The summed E-state index contributed by atoms with van der Waals surface area (Å²) in [5.74, 6) is 0. The van der Waals surface area contributed by atoms with E-state index < -0.39 is 44.6 Å². The maximum atomic E-state index is 13.9. The predicted octanol–water partition coefficient (Wildman–Crippen LogP) is 4.05. The first-order valence-corrected chi connectivity index (χ1v) is 9.15. The molecule has 0 atom stereocenters. The molecule has 0 aromatic heterocycles. The Hall–Kier alpha value is -2.43. The second-order valence-corrected chi connectivity index (χ2v) is 7.57. The molecule has 0 aliphatic rings. The highest BCUT2D eigenvalue weighted by Gasteiger charge is 2.72. The number of nitrogens with two attached hydrogens (primary N) is 1. The lowest BCUT2D eigenvalue weighted by molar-refractivity contribution is -0.288. The predicted molar refractivity (Wildman–Crippen MR) is 88.7 cm³/mol. The van der Waals surface area contributed by atoms with Gasteiger partial charge in [-0.1, -0.05) is 24.3 Å². The molecule has 0 spiro atoms. The zero-order valence-electron chi connectivity index (χ0n) is 13.7. The number of nitrogen functional groups attached to an aromatic ring is 1. The van der Waals surface area contributed by atoms with Gasteiger partial charge in [0.05, 0.1) is 6.26 Å². The molecule has 0 saturated heterocycles. The van der Waals surface area contributed by atoms with Gasteiger partial charge in [-0.3, -0.25) is 4.72 Å². The third-order valence-electron chi connectivity index (χ3n) is 3.77. The summed E-state index contributed by atoms with van der Waals surface area (Å²) in [5.41, 5.74) is -2.03. The smallest absolute Gasteiger partial charge is 0.399 e. The molecule has 2 aromatic carbocycles.